The van der Waals surface area contributed by atoms with Gasteiger partial charge in [-0.1, -0.05) is 30.3 Å². The maximum atomic E-state index is 11.9. The van der Waals surface area contributed by atoms with Gasteiger partial charge in [0.15, 0.2) is 0 Å². The summed E-state index contributed by atoms with van der Waals surface area (Å²) in [7, 11) is 0. The second-order valence-corrected chi connectivity index (χ2v) is 5.33. The van der Waals surface area contributed by atoms with Crippen LogP contribution in [-0.2, 0) is 16.1 Å². The smallest absolute Gasteiger partial charge is 0.239 e. The van der Waals surface area contributed by atoms with Gasteiger partial charge >= 0.3 is 0 Å². The van der Waals surface area contributed by atoms with Crippen molar-refractivity contribution in [2.75, 3.05) is 32.2 Å². The van der Waals surface area contributed by atoms with E-state index in [0.717, 1.165) is 19.6 Å². The van der Waals surface area contributed by atoms with Gasteiger partial charge in [0, 0.05) is 19.6 Å². The molecule has 2 aliphatic heterocycles. The van der Waals surface area contributed by atoms with E-state index in [1.165, 1.54) is 5.56 Å². The van der Waals surface area contributed by atoms with Crippen LogP contribution in [0.5, 0.6) is 0 Å². The van der Waals surface area contributed by atoms with Gasteiger partial charge < -0.3 is 9.64 Å². The van der Waals surface area contributed by atoms with Crippen molar-refractivity contribution < 1.29 is 9.53 Å². The summed E-state index contributed by atoms with van der Waals surface area (Å²) in [4.78, 5) is 16.1. The lowest BCUT2D eigenvalue weighted by Crippen LogP contribution is -2.67. The molecule has 2 aliphatic rings. The minimum atomic E-state index is -0.262. The Kier molecular flexibility index (Phi) is 3.48. The Morgan fingerprint density at radius 2 is 2.00 bits per heavy atom. The lowest BCUT2D eigenvalue weighted by Gasteiger charge is -2.49. The Labute approximate surface area is 117 Å². The number of hydrogen-bond donors (Lipinski definition) is 0. The minimum Gasteiger partial charge on any atom is -0.374 e. The fraction of sp³-hybridized carbons (Fsp3) is 0.500. The van der Waals surface area contributed by atoms with Crippen molar-refractivity contribution in [1.29, 1.82) is 0 Å². The van der Waals surface area contributed by atoms with Gasteiger partial charge in [-0.3, -0.25) is 9.69 Å². The van der Waals surface area contributed by atoms with Crippen LogP contribution in [0, 0.1) is 0 Å². The molecular weight excluding hydrogens is 264 g/mol. The van der Waals surface area contributed by atoms with E-state index < -0.39 is 0 Å². The maximum absolute atomic E-state index is 11.9. The molecule has 1 amide bonds. The molecule has 1 aromatic carbocycles. The Hall–Kier alpha value is -1.10. The molecule has 2 heterocycles. The van der Waals surface area contributed by atoms with Gasteiger partial charge in [-0.2, -0.15) is 0 Å². The third-order valence-electron chi connectivity index (χ3n) is 3.98. The molecule has 0 N–H and O–H groups in total. The molecule has 19 heavy (non-hydrogen) atoms. The summed E-state index contributed by atoms with van der Waals surface area (Å²) in [5, 5.41) is 0. The third kappa shape index (κ3) is 2.14. The standard InChI is InChI=1S/C14H17ClN2O2/c15-8-13(18)17-7-6-16(14(17)10-19-11-14)9-12-4-2-1-3-5-12/h1-5H,6-11H2. The lowest BCUT2D eigenvalue weighted by molar-refractivity contribution is -0.194. The summed E-state index contributed by atoms with van der Waals surface area (Å²) in [6.07, 6.45) is 0. The molecule has 0 unspecified atom stereocenters. The number of carbonyl (C=O) groups excluding carboxylic acids is 1. The van der Waals surface area contributed by atoms with Crippen molar-refractivity contribution in [1.82, 2.24) is 9.80 Å². The van der Waals surface area contributed by atoms with Crippen molar-refractivity contribution in [3.8, 4) is 0 Å². The van der Waals surface area contributed by atoms with Crippen molar-refractivity contribution >= 4 is 17.5 Å². The van der Waals surface area contributed by atoms with Gasteiger partial charge in [0.2, 0.25) is 5.91 Å². The molecule has 0 atom stereocenters. The molecular formula is C14H17ClN2O2. The second kappa shape index (κ2) is 5.12. The predicted molar refractivity (Wildman–Crippen MR) is 72.8 cm³/mol. The first-order valence-electron chi connectivity index (χ1n) is 6.49. The molecule has 1 spiro atoms. The first-order valence-corrected chi connectivity index (χ1v) is 7.03. The van der Waals surface area contributed by atoms with Gasteiger partial charge in [0.25, 0.3) is 0 Å². The zero-order valence-corrected chi connectivity index (χ0v) is 11.5. The van der Waals surface area contributed by atoms with Crippen LogP contribution in [0.2, 0.25) is 0 Å². The number of ether oxygens (including phenoxy) is 1. The third-order valence-corrected chi connectivity index (χ3v) is 4.21. The van der Waals surface area contributed by atoms with Gasteiger partial charge in [-0.05, 0) is 5.56 Å². The van der Waals surface area contributed by atoms with Gasteiger partial charge in [0.1, 0.15) is 11.5 Å². The molecule has 0 aliphatic carbocycles. The highest BCUT2D eigenvalue weighted by molar-refractivity contribution is 6.27. The molecule has 0 bridgehead atoms. The summed E-state index contributed by atoms with van der Waals surface area (Å²) < 4.78 is 5.37. The van der Waals surface area contributed by atoms with Crippen LogP contribution in [-0.4, -0.2) is 53.6 Å². The SMILES string of the molecule is O=C(CCl)N1CCN(Cc2ccccc2)C12COC2. The predicted octanol–water partition coefficient (Wildman–Crippen LogP) is 1.30. The number of amides is 1. The Morgan fingerprint density at radius 1 is 1.26 bits per heavy atom. The molecule has 3 rings (SSSR count). The number of nitrogens with zero attached hydrogens (tertiary/aromatic N) is 2. The van der Waals surface area contributed by atoms with Gasteiger partial charge in [0.05, 0.1) is 13.2 Å². The van der Waals surface area contributed by atoms with Crippen molar-refractivity contribution in [2.45, 2.75) is 12.2 Å². The second-order valence-electron chi connectivity index (χ2n) is 5.06. The number of rotatable bonds is 3. The highest BCUT2D eigenvalue weighted by Gasteiger charge is 2.54. The fourth-order valence-corrected chi connectivity index (χ4v) is 3.03. The van der Waals surface area contributed by atoms with Crippen LogP contribution in [0.15, 0.2) is 30.3 Å². The normalized spacial score (nSPS) is 21.6. The zero-order chi connectivity index (χ0) is 13.3. The monoisotopic (exact) mass is 280 g/mol. The highest BCUT2D eigenvalue weighted by Crippen LogP contribution is 2.35. The largest absolute Gasteiger partial charge is 0.374 e. The summed E-state index contributed by atoms with van der Waals surface area (Å²) in [6.45, 7) is 3.63. The average Bonchev–Trinajstić information content (AvgIpc) is 2.78. The van der Waals surface area contributed by atoms with Crippen LogP contribution < -0.4 is 0 Å². The molecule has 1 aromatic rings. The van der Waals surface area contributed by atoms with Crippen LogP contribution in [0.4, 0.5) is 0 Å². The summed E-state index contributed by atoms with van der Waals surface area (Å²) in [5.41, 5.74) is 0.996. The minimum absolute atomic E-state index is 0.000489. The van der Waals surface area contributed by atoms with E-state index in [9.17, 15) is 4.79 Å². The van der Waals surface area contributed by atoms with Crippen molar-refractivity contribution in [2.24, 2.45) is 0 Å². The van der Waals surface area contributed by atoms with Gasteiger partial charge in [-0.15, -0.1) is 11.6 Å². The molecule has 102 valence electrons. The molecule has 0 aromatic heterocycles. The topological polar surface area (TPSA) is 32.8 Å². The highest BCUT2D eigenvalue weighted by atomic mass is 35.5. The number of benzene rings is 1. The number of alkyl halides is 1. The number of hydrogen-bond acceptors (Lipinski definition) is 3. The van der Waals surface area contributed by atoms with Crippen LogP contribution in [0.1, 0.15) is 5.56 Å². The van der Waals surface area contributed by atoms with Crippen LogP contribution in [0.3, 0.4) is 0 Å². The van der Waals surface area contributed by atoms with E-state index in [-0.39, 0.29) is 17.5 Å². The van der Waals surface area contributed by atoms with Crippen molar-refractivity contribution in [3.63, 3.8) is 0 Å². The molecule has 4 nitrogen and oxygen atoms in total. The number of carbonyl (C=O) groups is 1. The summed E-state index contributed by atoms with van der Waals surface area (Å²) in [6, 6.07) is 10.3. The Bertz CT molecular complexity index is 462. The van der Waals surface area contributed by atoms with E-state index in [2.05, 4.69) is 17.0 Å². The molecule has 0 radical (unpaired) electrons. The fourth-order valence-electron chi connectivity index (χ4n) is 2.89. The quantitative estimate of drug-likeness (QED) is 0.783. The van der Waals surface area contributed by atoms with Crippen LogP contribution >= 0.6 is 11.6 Å². The molecule has 5 heteroatoms. The first-order chi connectivity index (χ1) is 9.26. The molecule has 2 saturated heterocycles. The van der Waals surface area contributed by atoms with E-state index in [1.807, 2.05) is 23.1 Å². The lowest BCUT2D eigenvalue weighted by atomic mass is 10.1. The number of halogens is 1. The maximum Gasteiger partial charge on any atom is 0.239 e. The average molecular weight is 281 g/mol. The Morgan fingerprint density at radius 3 is 2.58 bits per heavy atom. The van der Waals surface area contributed by atoms with E-state index >= 15 is 0 Å². The molecule has 2 fully saturated rings. The van der Waals surface area contributed by atoms with E-state index in [0.29, 0.717) is 13.2 Å². The summed E-state index contributed by atoms with van der Waals surface area (Å²) >= 11 is 5.70. The van der Waals surface area contributed by atoms with Crippen LogP contribution in [0.25, 0.3) is 0 Å². The Balaban J connectivity index is 1.78. The zero-order valence-electron chi connectivity index (χ0n) is 10.7. The first kappa shape index (κ1) is 12.9. The van der Waals surface area contributed by atoms with Crippen molar-refractivity contribution in [3.05, 3.63) is 35.9 Å². The molecule has 0 saturated carbocycles. The van der Waals surface area contributed by atoms with Gasteiger partial charge in [-0.25, -0.2) is 0 Å². The van der Waals surface area contributed by atoms with E-state index in [1.54, 1.807) is 0 Å². The summed E-state index contributed by atoms with van der Waals surface area (Å²) in [5.74, 6) is 0.0431. The van der Waals surface area contributed by atoms with E-state index in [4.69, 9.17) is 16.3 Å².